The van der Waals surface area contributed by atoms with Gasteiger partial charge in [-0.2, -0.15) is 0 Å². The summed E-state index contributed by atoms with van der Waals surface area (Å²) in [7, 11) is -3.92. The molecular formula is C26H28BrN3O3S. The van der Waals surface area contributed by atoms with Crippen molar-refractivity contribution >= 4 is 43.2 Å². The van der Waals surface area contributed by atoms with Crippen LogP contribution in [0.25, 0.3) is 0 Å². The molecular weight excluding hydrogens is 514 g/mol. The van der Waals surface area contributed by atoms with E-state index in [1.165, 1.54) is 11.3 Å². The Morgan fingerprint density at radius 2 is 1.82 bits per heavy atom. The lowest BCUT2D eigenvalue weighted by Gasteiger charge is -2.24. The van der Waals surface area contributed by atoms with E-state index in [1.807, 2.05) is 19.1 Å². The summed E-state index contributed by atoms with van der Waals surface area (Å²) in [6.45, 7) is 3.91. The average molecular weight is 542 g/mol. The van der Waals surface area contributed by atoms with Crippen molar-refractivity contribution in [1.82, 2.24) is 5.32 Å². The van der Waals surface area contributed by atoms with Crippen molar-refractivity contribution < 1.29 is 13.2 Å². The number of benzene rings is 3. The van der Waals surface area contributed by atoms with Gasteiger partial charge in [0.15, 0.2) is 0 Å². The van der Waals surface area contributed by atoms with E-state index in [-0.39, 0.29) is 17.3 Å². The molecule has 178 valence electrons. The van der Waals surface area contributed by atoms with Gasteiger partial charge >= 0.3 is 0 Å². The topological polar surface area (TPSA) is 69.7 Å². The molecule has 1 aliphatic heterocycles. The van der Waals surface area contributed by atoms with Crippen molar-refractivity contribution in [1.29, 1.82) is 0 Å². The second-order valence-electron chi connectivity index (χ2n) is 8.37. The summed E-state index contributed by atoms with van der Waals surface area (Å²) in [6.07, 6.45) is 1.82. The fourth-order valence-corrected chi connectivity index (χ4v) is 5.91. The number of halogens is 1. The summed E-state index contributed by atoms with van der Waals surface area (Å²) in [6, 6.07) is 22.0. The van der Waals surface area contributed by atoms with Gasteiger partial charge in [-0.05, 0) is 61.7 Å². The Labute approximate surface area is 209 Å². The van der Waals surface area contributed by atoms with Gasteiger partial charge in [-0.1, -0.05) is 57.9 Å². The van der Waals surface area contributed by atoms with Crippen LogP contribution in [0.2, 0.25) is 0 Å². The van der Waals surface area contributed by atoms with E-state index in [4.69, 9.17) is 0 Å². The van der Waals surface area contributed by atoms with Gasteiger partial charge in [0, 0.05) is 29.8 Å². The van der Waals surface area contributed by atoms with Crippen molar-refractivity contribution in [2.75, 3.05) is 35.4 Å². The molecule has 0 atom stereocenters. The lowest BCUT2D eigenvalue weighted by molar-refractivity contribution is -0.119. The van der Waals surface area contributed by atoms with Crippen molar-refractivity contribution in [2.24, 2.45) is 0 Å². The number of amides is 1. The van der Waals surface area contributed by atoms with Crippen LogP contribution in [0.5, 0.6) is 0 Å². The zero-order chi connectivity index (χ0) is 24.1. The first-order valence-electron chi connectivity index (χ1n) is 11.3. The van der Waals surface area contributed by atoms with Gasteiger partial charge in [-0.15, -0.1) is 0 Å². The van der Waals surface area contributed by atoms with Crippen molar-refractivity contribution in [3.8, 4) is 0 Å². The van der Waals surface area contributed by atoms with Gasteiger partial charge < -0.3 is 10.2 Å². The van der Waals surface area contributed by atoms with Crippen LogP contribution in [0.15, 0.2) is 82.2 Å². The summed E-state index contributed by atoms with van der Waals surface area (Å²) in [4.78, 5) is 15.3. The molecule has 0 aliphatic carbocycles. The number of hydrogen-bond acceptors (Lipinski definition) is 4. The molecule has 1 heterocycles. The minimum absolute atomic E-state index is 0.151. The Morgan fingerprint density at radius 3 is 2.59 bits per heavy atom. The summed E-state index contributed by atoms with van der Waals surface area (Å²) in [5.74, 6) is -0.336. The molecule has 1 N–H and O–H groups in total. The van der Waals surface area contributed by atoms with Gasteiger partial charge in [-0.25, -0.2) is 8.42 Å². The van der Waals surface area contributed by atoms with E-state index in [0.29, 0.717) is 12.2 Å². The van der Waals surface area contributed by atoms with Crippen molar-refractivity contribution in [3.63, 3.8) is 0 Å². The van der Waals surface area contributed by atoms with Gasteiger partial charge in [0.1, 0.15) is 6.54 Å². The normalized spacial score (nSPS) is 12.9. The highest BCUT2D eigenvalue weighted by Gasteiger charge is 2.27. The third kappa shape index (κ3) is 5.62. The molecule has 0 aromatic heterocycles. The molecule has 0 fully saturated rings. The molecule has 0 radical (unpaired) electrons. The third-order valence-corrected chi connectivity index (χ3v) is 8.18. The zero-order valence-electron chi connectivity index (χ0n) is 19.1. The molecule has 0 saturated heterocycles. The van der Waals surface area contributed by atoms with Crippen LogP contribution in [0.4, 0.5) is 11.4 Å². The fourth-order valence-electron chi connectivity index (χ4n) is 4.11. The van der Waals surface area contributed by atoms with Gasteiger partial charge in [0.2, 0.25) is 5.91 Å². The minimum Gasteiger partial charge on any atom is -0.371 e. The maximum absolute atomic E-state index is 13.4. The lowest BCUT2D eigenvalue weighted by atomic mass is 10.2. The van der Waals surface area contributed by atoms with E-state index < -0.39 is 10.0 Å². The van der Waals surface area contributed by atoms with Crippen LogP contribution >= 0.6 is 15.9 Å². The molecule has 3 aromatic carbocycles. The number of rotatable bonds is 9. The number of hydrogen-bond donors (Lipinski definition) is 1. The zero-order valence-corrected chi connectivity index (χ0v) is 21.5. The number of para-hydroxylation sites is 1. The van der Waals surface area contributed by atoms with E-state index in [9.17, 15) is 13.2 Å². The third-order valence-electron chi connectivity index (χ3n) is 5.90. The summed E-state index contributed by atoms with van der Waals surface area (Å²) in [5, 5.41) is 2.89. The van der Waals surface area contributed by atoms with E-state index in [2.05, 4.69) is 44.3 Å². The van der Waals surface area contributed by atoms with Crippen LogP contribution in [0.1, 0.15) is 17.5 Å². The molecule has 1 amide bonds. The second kappa shape index (κ2) is 10.6. The Balaban J connectivity index is 1.41. The number of anilines is 2. The first kappa shape index (κ1) is 24.3. The summed E-state index contributed by atoms with van der Waals surface area (Å²) >= 11 is 3.40. The molecule has 1 aliphatic rings. The highest BCUT2D eigenvalue weighted by molar-refractivity contribution is 9.10. The van der Waals surface area contributed by atoms with Gasteiger partial charge in [0.05, 0.1) is 10.6 Å². The Bertz CT molecular complexity index is 1260. The average Bonchev–Trinajstić information content (AvgIpc) is 3.23. The monoisotopic (exact) mass is 541 g/mol. The minimum atomic E-state index is -3.92. The lowest BCUT2D eigenvalue weighted by Crippen LogP contribution is -2.41. The maximum Gasteiger partial charge on any atom is 0.264 e. The van der Waals surface area contributed by atoms with Crippen molar-refractivity contribution in [3.05, 3.63) is 88.4 Å². The summed E-state index contributed by atoms with van der Waals surface area (Å²) in [5.41, 5.74) is 4.02. The number of fused-ring (bicyclic) bond motifs is 1. The molecule has 34 heavy (non-hydrogen) atoms. The highest BCUT2D eigenvalue weighted by Crippen LogP contribution is 2.28. The van der Waals surface area contributed by atoms with E-state index >= 15 is 0 Å². The van der Waals surface area contributed by atoms with Crippen LogP contribution in [-0.4, -0.2) is 40.5 Å². The van der Waals surface area contributed by atoms with Gasteiger partial charge in [0.25, 0.3) is 10.0 Å². The molecule has 8 heteroatoms. The Kier molecular flexibility index (Phi) is 7.58. The van der Waals surface area contributed by atoms with Crippen LogP contribution in [-0.2, 0) is 21.2 Å². The van der Waals surface area contributed by atoms with Gasteiger partial charge in [-0.3, -0.25) is 9.10 Å². The fraction of sp³-hybridized carbons (Fsp3) is 0.269. The predicted molar refractivity (Wildman–Crippen MR) is 140 cm³/mol. The number of nitrogens with one attached hydrogen (secondary N) is 1. The van der Waals surface area contributed by atoms with Crippen LogP contribution in [0, 0.1) is 6.92 Å². The SMILES string of the molecule is Cc1ccc(S(=O)(=O)N(CC(=O)NCCCN2CCc3ccccc32)c2cccc(Br)c2)cc1. The number of aryl methyl sites for hydroxylation is 1. The summed E-state index contributed by atoms with van der Waals surface area (Å²) < 4.78 is 28.8. The van der Waals surface area contributed by atoms with E-state index in [1.54, 1.807) is 42.5 Å². The number of carbonyl (C=O) groups is 1. The standard InChI is InChI=1S/C26H28BrN3O3S/c1-20-10-12-24(13-11-20)34(32,33)30(23-8-4-7-22(27)18-23)19-26(31)28-15-5-16-29-17-14-21-6-2-3-9-25(21)29/h2-4,6-13,18H,5,14-17,19H2,1H3,(H,28,31). The van der Waals surface area contributed by atoms with Crippen LogP contribution < -0.4 is 14.5 Å². The molecule has 0 saturated carbocycles. The number of nitrogens with zero attached hydrogens (tertiary/aromatic N) is 2. The second-order valence-corrected chi connectivity index (χ2v) is 11.2. The molecule has 0 bridgehead atoms. The number of carbonyl (C=O) groups excluding carboxylic acids is 1. The smallest absolute Gasteiger partial charge is 0.264 e. The molecule has 0 unspecified atom stereocenters. The predicted octanol–water partition coefficient (Wildman–Crippen LogP) is 4.52. The Hall–Kier alpha value is -2.84. The molecule has 0 spiro atoms. The maximum atomic E-state index is 13.4. The highest BCUT2D eigenvalue weighted by atomic mass is 79.9. The van der Waals surface area contributed by atoms with Crippen LogP contribution in [0.3, 0.4) is 0 Å². The first-order valence-corrected chi connectivity index (χ1v) is 13.5. The van der Waals surface area contributed by atoms with Crippen molar-refractivity contribution in [2.45, 2.75) is 24.7 Å². The Morgan fingerprint density at radius 1 is 1.06 bits per heavy atom. The molecule has 6 nitrogen and oxygen atoms in total. The van der Waals surface area contributed by atoms with E-state index in [0.717, 1.165) is 40.3 Å². The number of sulfonamides is 1. The molecule has 4 rings (SSSR count). The first-order chi connectivity index (χ1) is 16.3. The quantitative estimate of drug-likeness (QED) is 0.404. The largest absolute Gasteiger partial charge is 0.371 e. The molecule has 3 aromatic rings.